The Balaban J connectivity index is 1.39. The van der Waals surface area contributed by atoms with Crippen molar-refractivity contribution in [1.29, 1.82) is 0 Å². The van der Waals surface area contributed by atoms with Crippen LogP contribution in [-0.2, 0) is 6.18 Å². The molecule has 166 valence electrons. The van der Waals surface area contributed by atoms with Crippen molar-refractivity contribution in [1.82, 2.24) is 24.9 Å². The molecule has 0 aliphatic carbocycles. The van der Waals surface area contributed by atoms with Crippen LogP contribution in [0.3, 0.4) is 0 Å². The van der Waals surface area contributed by atoms with Gasteiger partial charge in [-0.15, -0.1) is 0 Å². The number of carbonyl (C=O) groups excluding carboxylic acids is 1. The van der Waals surface area contributed by atoms with Crippen LogP contribution < -0.4 is 4.74 Å². The summed E-state index contributed by atoms with van der Waals surface area (Å²) in [6, 6.07) is 5.84. The van der Waals surface area contributed by atoms with Crippen LogP contribution in [0.5, 0.6) is 5.75 Å². The molecule has 2 aliphatic heterocycles. The first-order valence-corrected chi connectivity index (χ1v) is 10.0. The number of benzene rings is 1. The summed E-state index contributed by atoms with van der Waals surface area (Å²) in [4.78, 5) is 19.6. The molecule has 3 unspecified atom stereocenters. The van der Waals surface area contributed by atoms with Gasteiger partial charge in [-0.2, -0.15) is 28.2 Å². The van der Waals surface area contributed by atoms with E-state index in [9.17, 15) is 22.4 Å². The predicted octanol–water partition coefficient (Wildman–Crippen LogP) is 3.64. The maximum atomic E-state index is 14.8. The topological polar surface area (TPSA) is 73.1 Å². The van der Waals surface area contributed by atoms with Gasteiger partial charge in [0.1, 0.15) is 34.6 Å². The maximum absolute atomic E-state index is 14.8. The average Bonchev–Trinajstić information content (AvgIpc) is 3.49. The van der Waals surface area contributed by atoms with Crippen LogP contribution in [-0.4, -0.2) is 49.0 Å². The van der Waals surface area contributed by atoms with E-state index in [-0.39, 0.29) is 29.1 Å². The molecular formula is C21H17F4N5O2. The number of alkyl halides is 3. The zero-order valence-corrected chi connectivity index (χ0v) is 16.5. The Hall–Kier alpha value is -3.50. The van der Waals surface area contributed by atoms with Crippen molar-refractivity contribution >= 4 is 5.91 Å². The summed E-state index contributed by atoms with van der Waals surface area (Å²) in [7, 11) is 0. The molecule has 7 nitrogen and oxygen atoms in total. The first-order valence-electron chi connectivity index (χ1n) is 10.0. The molecule has 2 bridgehead atoms. The molecule has 2 aliphatic rings. The molecule has 32 heavy (non-hydrogen) atoms. The largest absolute Gasteiger partial charge is 0.487 e. The van der Waals surface area contributed by atoms with E-state index in [4.69, 9.17) is 4.74 Å². The zero-order valence-electron chi connectivity index (χ0n) is 16.5. The standard InChI is InChI=1S/C21H17F4N5O2/c22-14-2-1-3-16(30-27-8-9-28-30)19(14)20(31)29-12-4-6-15(29)17(10-12)32-13-5-7-18(26-11-13)21(23,24)25/h1-3,5,7-9,11-12,15,17H,4,6,10H2. The van der Waals surface area contributed by atoms with Gasteiger partial charge in [-0.1, -0.05) is 6.07 Å². The summed E-state index contributed by atoms with van der Waals surface area (Å²) in [6.45, 7) is 0. The van der Waals surface area contributed by atoms with Crippen LogP contribution in [0.1, 0.15) is 35.3 Å². The number of rotatable bonds is 4. The molecule has 2 aromatic heterocycles. The number of nitrogens with zero attached hydrogens (tertiary/aromatic N) is 5. The minimum Gasteiger partial charge on any atom is -0.487 e. The smallest absolute Gasteiger partial charge is 0.433 e. The van der Waals surface area contributed by atoms with E-state index in [1.54, 1.807) is 11.0 Å². The fourth-order valence-corrected chi connectivity index (χ4v) is 4.53. The van der Waals surface area contributed by atoms with Gasteiger partial charge in [0.05, 0.1) is 24.6 Å². The van der Waals surface area contributed by atoms with Crippen molar-refractivity contribution in [3.8, 4) is 11.4 Å². The van der Waals surface area contributed by atoms with Gasteiger partial charge in [0.15, 0.2) is 0 Å². The first kappa shape index (κ1) is 20.4. The van der Waals surface area contributed by atoms with Gasteiger partial charge >= 0.3 is 6.18 Å². The highest BCUT2D eigenvalue weighted by atomic mass is 19.4. The second kappa shape index (κ2) is 7.57. The SMILES string of the molecule is O=C(c1c(F)cccc1-n1nccn1)N1C2CCC1C(Oc1ccc(C(F)(F)F)nc1)C2. The molecule has 1 aromatic carbocycles. The fraction of sp³-hybridized carbons (Fsp3) is 0.333. The minimum absolute atomic E-state index is 0.127. The van der Waals surface area contributed by atoms with E-state index in [1.165, 1.54) is 35.4 Å². The molecule has 0 radical (unpaired) electrons. The van der Waals surface area contributed by atoms with Crippen LogP contribution in [0.2, 0.25) is 0 Å². The van der Waals surface area contributed by atoms with Crippen LogP contribution in [0.25, 0.3) is 5.69 Å². The zero-order chi connectivity index (χ0) is 22.5. The molecule has 0 N–H and O–H groups in total. The number of fused-ring (bicyclic) bond motifs is 2. The minimum atomic E-state index is -4.53. The maximum Gasteiger partial charge on any atom is 0.433 e. The Morgan fingerprint density at radius 1 is 1.09 bits per heavy atom. The summed E-state index contributed by atoms with van der Waals surface area (Å²) >= 11 is 0. The van der Waals surface area contributed by atoms with Crippen LogP contribution in [0.15, 0.2) is 48.9 Å². The van der Waals surface area contributed by atoms with Crippen LogP contribution >= 0.6 is 0 Å². The number of halogens is 4. The van der Waals surface area contributed by atoms with Gasteiger partial charge in [0, 0.05) is 12.5 Å². The van der Waals surface area contributed by atoms with Crippen LogP contribution in [0.4, 0.5) is 17.6 Å². The summed E-state index contributed by atoms with van der Waals surface area (Å²) in [6.07, 6.45) is 0.829. The molecule has 5 rings (SSSR count). The third kappa shape index (κ3) is 3.47. The highest BCUT2D eigenvalue weighted by molar-refractivity contribution is 5.98. The predicted molar refractivity (Wildman–Crippen MR) is 103 cm³/mol. The number of carbonyl (C=O) groups is 1. The molecule has 2 saturated heterocycles. The molecule has 3 atom stereocenters. The molecule has 0 saturated carbocycles. The van der Waals surface area contributed by atoms with Crippen molar-refractivity contribution in [3.63, 3.8) is 0 Å². The lowest BCUT2D eigenvalue weighted by molar-refractivity contribution is -0.141. The van der Waals surface area contributed by atoms with Gasteiger partial charge in [-0.3, -0.25) is 4.79 Å². The summed E-state index contributed by atoms with van der Waals surface area (Å²) in [5.74, 6) is -0.977. The first-order chi connectivity index (χ1) is 15.3. The number of aromatic nitrogens is 4. The fourth-order valence-electron chi connectivity index (χ4n) is 4.53. The Morgan fingerprint density at radius 3 is 2.56 bits per heavy atom. The molecule has 11 heteroatoms. The lowest BCUT2D eigenvalue weighted by Gasteiger charge is -2.25. The van der Waals surface area contributed by atoms with Crippen molar-refractivity contribution in [3.05, 3.63) is 66.0 Å². The van der Waals surface area contributed by atoms with Crippen LogP contribution in [0, 0.1) is 5.82 Å². The highest BCUT2D eigenvalue weighted by Gasteiger charge is 2.50. The molecular weight excluding hydrogens is 430 g/mol. The second-order valence-electron chi connectivity index (χ2n) is 7.73. The van der Waals surface area contributed by atoms with Gasteiger partial charge in [-0.25, -0.2) is 9.37 Å². The molecule has 3 aromatic rings. The average molecular weight is 447 g/mol. The van der Waals surface area contributed by atoms with E-state index in [0.717, 1.165) is 18.7 Å². The number of hydrogen-bond acceptors (Lipinski definition) is 5. The quantitative estimate of drug-likeness (QED) is 0.571. The Morgan fingerprint density at radius 2 is 1.88 bits per heavy atom. The second-order valence-corrected chi connectivity index (χ2v) is 7.73. The van der Waals surface area contributed by atoms with E-state index in [1.807, 2.05) is 0 Å². The van der Waals surface area contributed by atoms with Crippen molar-refractivity contribution in [2.45, 2.75) is 43.6 Å². The third-order valence-electron chi connectivity index (χ3n) is 5.87. The van der Waals surface area contributed by atoms with E-state index >= 15 is 0 Å². The highest BCUT2D eigenvalue weighted by Crippen LogP contribution is 2.41. The molecule has 2 fully saturated rings. The van der Waals surface area contributed by atoms with Gasteiger partial charge in [0.25, 0.3) is 5.91 Å². The van der Waals surface area contributed by atoms with Gasteiger partial charge in [-0.05, 0) is 37.1 Å². The molecule has 4 heterocycles. The van der Waals surface area contributed by atoms with Crippen molar-refractivity contribution in [2.75, 3.05) is 0 Å². The van der Waals surface area contributed by atoms with Gasteiger partial charge < -0.3 is 9.64 Å². The molecule has 1 amide bonds. The molecule has 0 spiro atoms. The summed E-state index contributed by atoms with van der Waals surface area (Å²) in [5, 5.41) is 8.00. The van der Waals surface area contributed by atoms with Crippen molar-refractivity contribution < 1.29 is 27.1 Å². The van der Waals surface area contributed by atoms with E-state index in [0.29, 0.717) is 12.8 Å². The lowest BCUT2D eigenvalue weighted by atomic mass is 9.98. The summed E-state index contributed by atoms with van der Waals surface area (Å²) < 4.78 is 58.8. The van der Waals surface area contributed by atoms with Crippen molar-refractivity contribution in [2.24, 2.45) is 0 Å². The number of pyridine rings is 1. The summed E-state index contributed by atoms with van der Waals surface area (Å²) in [5.41, 5.74) is -0.901. The van der Waals surface area contributed by atoms with E-state index in [2.05, 4.69) is 15.2 Å². The van der Waals surface area contributed by atoms with Gasteiger partial charge in [0.2, 0.25) is 0 Å². The lowest BCUT2D eigenvalue weighted by Crippen LogP contribution is -2.40. The Labute approximate surface area is 179 Å². The van der Waals surface area contributed by atoms with E-state index < -0.39 is 29.7 Å². The number of hydrogen-bond donors (Lipinski definition) is 0. The Bertz CT molecular complexity index is 1130. The Kier molecular flexibility index (Phi) is 4.83. The number of ether oxygens (including phenoxy) is 1. The third-order valence-corrected chi connectivity index (χ3v) is 5.87. The number of amides is 1. The monoisotopic (exact) mass is 447 g/mol. The normalized spacial score (nSPS) is 22.4.